The Morgan fingerprint density at radius 1 is 0.761 bits per heavy atom. The smallest absolute Gasteiger partial charge is 0.326 e. The van der Waals surface area contributed by atoms with Crippen LogP contribution in [0.4, 0.5) is 0 Å². The first kappa shape index (κ1) is 35.5. The summed E-state index contributed by atoms with van der Waals surface area (Å²) in [4.78, 5) is 52.2. The number of guanidine groups is 1. The van der Waals surface area contributed by atoms with E-state index in [0.29, 0.717) is 6.42 Å². The summed E-state index contributed by atoms with van der Waals surface area (Å²) in [5.41, 5.74) is 13.2. The van der Waals surface area contributed by atoms with Crippen molar-refractivity contribution in [1.29, 1.82) is 5.41 Å². The largest absolute Gasteiger partial charge is 0.480 e. The van der Waals surface area contributed by atoms with Crippen molar-refractivity contribution in [2.45, 2.75) is 70.1 Å². The highest BCUT2D eigenvalue weighted by Gasteiger charge is 2.30. The second-order valence-electron chi connectivity index (χ2n) is 11.8. The first-order chi connectivity index (χ1) is 21.9. The lowest BCUT2D eigenvalue weighted by Gasteiger charge is -2.26. The minimum atomic E-state index is -1.23. The number of carbonyl (C=O) groups is 4. The van der Waals surface area contributed by atoms with Crippen LogP contribution in [-0.2, 0) is 32.0 Å². The maximum Gasteiger partial charge on any atom is 0.326 e. The molecule has 0 bridgehead atoms. The molecular weight excluding hydrogens is 586 g/mol. The van der Waals surface area contributed by atoms with Crippen molar-refractivity contribution in [1.82, 2.24) is 21.3 Å². The Bertz CT molecular complexity index is 1500. The number of amides is 3. The maximum atomic E-state index is 13.6. The molecule has 0 radical (unpaired) electrons. The van der Waals surface area contributed by atoms with Crippen molar-refractivity contribution in [3.63, 3.8) is 0 Å². The Morgan fingerprint density at radius 3 is 2.02 bits per heavy atom. The number of aliphatic carboxylic acids is 1. The summed E-state index contributed by atoms with van der Waals surface area (Å²) < 4.78 is 0. The highest BCUT2D eigenvalue weighted by Crippen LogP contribution is 2.17. The van der Waals surface area contributed by atoms with Crippen LogP contribution in [0.5, 0.6) is 0 Å². The Labute approximate surface area is 269 Å². The zero-order valence-electron chi connectivity index (χ0n) is 26.3. The van der Waals surface area contributed by atoms with Gasteiger partial charge in [0, 0.05) is 13.0 Å². The van der Waals surface area contributed by atoms with Crippen LogP contribution in [0.2, 0.25) is 0 Å². The zero-order chi connectivity index (χ0) is 33.6. The Morgan fingerprint density at radius 2 is 1.37 bits per heavy atom. The van der Waals surface area contributed by atoms with Crippen LogP contribution in [-0.4, -0.2) is 65.5 Å². The first-order valence-corrected chi connectivity index (χ1v) is 15.4. The third-order valence-corrected chi connectivity index (χ3v) is 7.46. The van der Waals surface area contributed by atoms with Gasteiger partial charge in [-0.25, -0.2) is 4.79 Å². The van der Waals surface area contributed by atoms with E-state index in [9.17, 15) is 24.3 Å². The molecule has 0 aromatic heterocycles. The number of fused-ring (bicyclic) bond motifs is 1. The highest BCUT2D eigenvalue weighted by atomic mass is 16.4. The van der Waals surface area contributed by atoms with Gasteiger partial charge in [0.25, 0.3) is 0 Å². The molecule has 12 heteroatoms. The van der Waals surface area contributed by atoms with E-state index in [0.717, 1.165) is 21.9 Å². The minimum absolute atomic E-state index is 0.0158. The summed E-state index contributed by atoms with van der Waals surface area (Å²) in [6.45, 7) is 4.07. The number of nitrogens with one attached hydrogen (secondary N) is 5. The molecule has 3 aromatic rings. The SMILES string of the molecule is CC(C)C[C@H](NC(=O)[C@@H](N)Cc1ccc2ccccc2c1)C(=O)N[C@@H](CCCNC(=N)N)C(=O)N[C@@H](Cc1ccccc1)C(=O)O. The third-order valence-electron chi connectivity index (χ3n) is 7.46. The molecule has 0 spiro atoms. The highest BCUT2D eigenvalue weighted by molar-refractivity contribution is 5.94. The molecule has 46 heavy (non-hydrogen) atoms. The third kappa shape index (κ3) is 11.5. The molecule has 10 N–H and O–H groups in total. The molecule has 246 valence electrons. The minimum Gasteiger partial charge on any atom is -0.480 e. The van der Waals surface area contributed by atoms with Crippen molar-refractivity contribution in [2.24, 2.45) is 17.4 Å². The first-order valence-electron chi connectivity index (χ1n) is 15.4. The fraction of sp³-hybridized carbons (Fsp3) is 0.382. The molecule has 0 heterocycles. The molecule has 4 atom stereocenters. The van der Waals surface area contributed by atoms with Gasteiger partial charge in [-0.3, -0.25) is 19.8 Å². The molecule has 3 rings (SSSR count). The van der Waals surface area contributed by atoms with Crippen molar-refractivity contribution in [3.05, 3.63) is 83.9 Å². The van der Waals surface area contributed by atoms with E-state index in [1.807, 2.05) is 56.3 Å². The summed E-state index contributed by atoms with van der Waals surface area (Å²) in [7, 11) is 0. The summed E-state index contributed by atoms with van der Waals surface area (Å²) in [5, 5.41) is 30.0. The number of carboxylic acids is 1. The van der Waals surface area contributed by atoms with E-state index in [4.69, 9.17) is 16.9 Å². The molecule has 0 fully saturated rings. The van der Waals surface area contributed by atoms with Gasteiger partial charge in [-0.1, -0.05) is 86.6 Å². The number of benzene rings is 3. The van der Waals surface area contributed by atoms with E-state index in [1.165, 1.54) is 0 Å². The van der Waals surface area contributed by atoms with E-state index < -0.39 is 47.9 Å². The zero-order valence-corrected chi connectivity index (χ0v) is 26.3. The number of hydrogen-bond acceptors (Lipinski definition) is 6. The summed E-state index contributed by atoms with van der Waals surface area (Å²) >= 11 is 0. The fourth-order valence-electron chi connectivity index (χ4n) is 5.09. The van der Waals surface area contributed by atoms with Gasteiger partial charge in [0.05, 0.1) is 6.04 Å². The maximum absolute atomic E-state index is 13.6. The van der Waals surface area contributed by atoms with Gasteiger partial charge in [-0.2, -0.15) is 0 Å². The van der Waals surface area contributed by atoms with E-state index in [-0.39, 0.29) is 44.1 Å². The lowest BCUT2D eigenvalue weighted by Crippen LogP contribution is -2.57. The number of hydrogen-bond donors (Lipinski definition) is 8. The van der Waals surface area contributed by atoms with Crippen molar-refractivity contribution < 1.29 is 24.3 Å². The van der Waals surface area contributed by atoms with Crippen molar-refractivity contribution in [3.8, 4) is 0 Å². The van der Waals surface area contributed by atoms with E-state index in [2.05, 4.69) is 21.3 Å². The Hall–Kier alpha value is -4.97. The van der Waals surface area contributed by atoms with Crippen LogP contribution < -0.4 is 32.7 Å². The molecule has 3 aromatic carbocycles. The molecular formula is C34H45N7O5. The van der Waals surface area contributed by atoms with Gasteiger partial charge in [0.15, 0.2) is 5.96 Å². The number of nitrogens with two attached hydrogens (primary N) is 2. The van der Waals surface area contributed by atoms with Crippen LogP contribution in [0.15, 0.2) is 72.8 Å². The van der Waals surface area contributed by atoms with Gasteiger partial charge in [-0.05, 0) is 53.5 Å². The number of carboxylic acid groups (broad SMARTS) is 1. The predicted octanol–water partition coefficient (Wildman–Crippen LogP) is 1.80. The molecule has 0 aliphatic heterocycles. The van der Waals surface area contributed by atoms with Crippen molar-refractivity contribution in [2.75, 3.05) is 6.54 Å². The van der Waals surface area contributed by atoms with Gasteiger partial charge in [0.1, 0.15) is 18.1 Å². The molecule has 0 aliphatic rings. The standard InChI is InChI=1S/C34H45N7O5/c1-21(2)17-28(40-30(42)26(35)19-23-14-15-24-11-6-7-12-25(24)18-23)32(44)39-27(13-8-16-38-34(36)37)31(43)41-29(33(45)46)20-22-9-4-3-5-10-22/h3-7,9-12,14-15,18,21,26-29H,8,13,16-17,19-20,35H2,1-2H3,(H,39,44)(H,40,42)(H,41,43)(H,45,46)(H4,36,37,38)/t26-,27-,28-,29-/m0/s1. The van der Waals surface area contributed by atoms with Crippen molar-refractivity contribution >= 4 is 40.4 Å². The topological polar surface area (TPSA) is 213 Å². The normalized spacial score (nSPS) is 13.7. The average Bonchev–Trinajstić information content (AvgIpc) is 3.01. The lowest BCUT2D eigenvalue weighted by atomic mass is 9.99. The van der Waals surface area contributed by atoms with Gasteiger partial charge < -0.3 is 37.8 Å². The Balaban J connectivity index is 1.71. The number of rotatable bonds is 17. The monoisotopic (exact) mass is 631 g/mol. The fourth-order valence-corrected chi connectivity index (χ4v) is 5.09. The quantitative estimate of drug-likeness (QED) is 0.0623. The van der Waals surface area contributed by atoms with Crippen LogP contribution in [0, 0.1) is 11.3 Å². The van der Waals surface area contributed by atoms with E-state index in [1.54, 1.807) is 30.3 Å². The summed E-state index contributed by atoms with van der Waals surface area (Å²) in [6, 6.07) is 18.4. The van der Waals surface area contributed by atoms with Crippen LogP contribution in [0.25, 0.3) is 10.8 Å². The van der Waals surface area contributed by atoms with Gasteiger partial charge in [-0.15, -0.1) is 0 Å². The Kier molecular flexibility index (Phi) is 13.5. The molecule has 0 aliphatic carbocycles. The van der Waals surface area contributed by atoms with Crippen LogP contribution >= 0.6 is 0 Å². The van der Waals surface area contributed by atoms with Crippen LogP contribution in [0.1, 0.15) is 44.2 Å². The summed E-state index contributed by atoms with van der Waals surface area (Å²) in [5.74, 6) is -3.21. The van der Waals surface area contributed by atoms with Gasteiger partial charge >= 0.3 is 5.97 Å². The molecule has 12 nitrogen and oxygen atoms in total. The molecule has 0 saturated carbocycles. The average molecular weight is 632 g/mol. The number of carbonyl (C=O) groups excluding carboxylic acids is 3. The second-order valence-corrected chi connectivity index (χ2v) is 11.8. The second kappa shape index (κ2) is 17.5. The predicted molar refractivity (Wildman–Crippen MR) is 178 cm³/mol. The molecule has 0 saturated heterocycles. The van der Waals surface area contributed by atoms with Gasteiger partial charge in [0.2, 0.25) is 17.7 Å². The lowest BCUT2D eigenvalue weighted by molar-refractivity contribution is -0.142. The summed E-state index contributed by atoms with van der Waals surface area (Å²) in [6.07, 6.45) is 1.06. The molecule has 0 unspecified atom stereocenters. The molecule has 3 amide bonds. The van der Waals surface area contributed by atoms with Crippen LogP contribution in [0.3, 0.4) is 0 Å². The van der Waals surface area contributed by atoms with E-state index >= 15 is 0 Å².